The predicted molar refractivity (Wildman–Crippen MR) is 87.9 cm³/mol. The van der Waals surface area contributed by atoms with E-state index < -0.39 is 10.0 Å². The Labute approximate surface area is 132 Å². The van der Waals surface area contributed by atoms with Crippen molar-refractivity contribution in [1.82, 2.24) is 13.7 Å². The smallest absolute Gasteiger partial charge is 0.262 e. The van der Waals surface area contributed by atoms with Crippen LogP contribution in [0.2, 0.25) is 0 Å². The zero-order valence-corrected chi connectivity index (χ0v) is 14.4. The highest BCUT2D eigenvalue weighted by molar-refractivity contribution is 8.00. The Balaban J connectivity index is 2.08. The van der Waals surface area contributed by atoms with Crippen LogP contribution in [0.5, 0.6) is 0 Å². The Bertz CT molecular complexity index is 737. The molecule has 116 valence electrons. The third-order valence-corrected chi connectivity index (χ3v) is 7.13. The van der Waals surface area contributed by atoms with Crippen LogP contribution in [0.1, 0.15) is 13.8 Å². The summed E-state index contributed by atoms with van der Waals surface area (Å²) in [5.74, 6) is 1.29. The molecule has 0 aliphatic carbocycles. The van der Waals surface area contributed by atoms with Gasteiger partial charge in [-0.15, -0.1) is 11.3 Å². The maximum absolute atomic E-state index is 13.0. The first kappa shape index (κ1) is 15.1. The fourth-order valence-electron chi connectivity index (χ4n) is 2.42. The molecule has 0 spiro atoms. The number of hydrogen-bond donors (Lipinski definition) is 1. The topological polar surface area (TPSA) is 66.7 Å². The van der Waals surface area contributed by atoms with E-state index in [9.17, 15) is 8.42 Å². The molecule has 21 heavy (non-hydrogen) atoms. The molecule has 9 heteroatoms. The van der Waals surface area contributed by atoms with E-state index in [1.165, 1.54) is 11.3 Å². The molecule has 1 fully saturated rings. The average molecular weight is 347 g/mol. The zero-order valence-electron chi connectivity index (χ0n) is 11.9. The van der Waals surface area contributed by atoms with E-state index in [4.69, 9.17) is 0 Å². The monoisotopic (exact) mass is 346 g/mol. The summed E-state index contributed by atoms with van der Waals surface area (Å²) >= 11 is 3.25. The van der Waals surface area contributed by atoms with Gasteiger partial charge in [0.2, 0.25) is 0 Å². The maximum atomic E-state index is 13.0. The molecular weight excluding hydrogens is 328 g/mol. The van der Waals surface area contributed by atoms with Gasteiger partial charge in [0.15, 0.2) is 15.8 Å². The number of thioether (sulfide) groups is 1. The van der Waals surface area contributed by atoms with Gasteiger partial charge in [-0.3, -0.25) is 4.40 Å². The van der Waals surface area contributed by atoms with Crippen LogP contribution in [0.3, 0.4) is 0 Å². The number of anilines is 1. The molecule has 1 aliphatic heterocycles. The molecule has 6 nitrogen and oxygen atoms in total. The van der Waals surface area contributed by atoms with Crippen LogP contribution >= 0.6 is 23.1 Å². The van der Waals surface area contributed by atoms with Crippen molar-refractivity contribution in [2.75, 3.05) is 30.7 Å². The van der Waals surface area contributed by atoms with Gasteiger partial charge in [-0.05, 0) is 6.92 Å². The minimum Gasteiger partial charge on any atom is -0.368 e. The highest BCUT2D eigenvalue weighted by atomic mass is 32.2. The van der Waals surface area contributed by atoms with Crippen LogP contribution in [-0.4, -0.2) is 52.7 Å². The van der Waals surface area contributed by atoms with E-state index in [0.29, 0.717) is 35.7 Å². The molecule has 3 rings (SSSR count). The molecule has 0 radical (unpaired) electrons. The summed E-state index contributed by atoms with van der Waals surface area (Å²) < 4.78 is 29.3. The van der Waals surface area contributed by atoms with Gasteiger partial charge in [0.25, 0.3) is 10.0 Å². The van der Waals surface area contributed by atoms with Gasteiger partial charge in [0, 0.05) is 42.2 Å². The standard InChI is InChI=1S/C12H18N4O2S3/c1-3-13-10-11(16-5-7-20-12(16)14-10)21(17,18)15-4-6-19-9(2)8-15/h5,7,9,13H,3-4,6,8H2,1-2H3. The van der Waals surface area contributed by atoms with Gasteiger partial charge in [-0.25, -0.2) is 13.4 Å². The van der Waals surface area contributed by atoms with Crippen LogP contribution < -0.4 is 5.32 Å². The van der Waals surface area contributed by atoms with Crippen molar-refractivity contribution in [3.8, 4) is 0 Å². The predicted octanol–water partition coefficient (Wildman–Crippen LogP) is 1.95. The van der Waals surface area contributed by atoms with E-state index in [1.54, 1.807) is 14.9 Å². The summed E-state index contributed by atoms with van der Waals surface area (Å²) in [6.07, 6.45) is 1.77. The molecular formula is C12H18N4O2S3. The second-order valence-electron chi connectivity index (χ2n) is 4.90. The molecule has 1 aliphatic rings. The van der Waals surface area contributed by atoms with Crippen LogP contribution in [-0.2, 0) is 10.0 Å². The van der Waals surface area contributed by atoms with Gasteiger partial charge < -0.3 is 5.32 Å². The molecule has 0 bridgehead atoms. The Morgan fingerprint density at radius 2 is 2.33 bits per heavy atom. The minimum absolute atomic E-state index is 0.264. The largest absolute Gasteiger partial charge is 0.368 e. The summed E-state index contributed by atoms with van der Waals surface area (Å²) in [6, 6.07) is 0. The fraction of sp³-hybridized carbons (Fsp3) is 0.583. The third kappa shape index (κ3) is 2.67. The van der Waals surface area contributed by atoms with E-state index in [-0.39, 0.29) is 5.03 Å². The number of nitrogens with zero attached hydrogens (tertiary/aromatic N) is 3. The van der Waals surface area contributed by atoms with E-state index >= 15 is 0 Å². The molecule has 2 aromatic heterocycles. The number of thiazole rings is 1. The lowest BCUT2D eigenvalue weighted by Crippen LogP contribution is -2.41. The van der Waals surface area contributed by atoms with Crippen molar-refractivity contribution < 1.29 is 8.42 Å². The number of hydrogen-bond acceptors (Lipinski definition) is 6. The van der Waals surface area contributed by atoms with Crippen LogP contribution in [0.25, 0.3) is 4.96 Å². The lowest BCUT2D eigenvalue weighted by atomic mass is 10.4. The quantitative estimate of drug-likeness (QED) is 0.917. The van der Waals surface area contributed by atoms with Crippen molar-refractivity contribution in [2.24, 2.45) is 0 Å². The van der Waals surface area contributed by atoms with Gasteiger partial charge in [0.1, 0.15) is 0 Å². The van der Waals surface area contributed by atoms with Crippen molar-refractivity contribution in [2.45, 2.75) is 24.1 Å². The fourth-order valence-corrected chi connectivity index (χ4v) is 6.17. The Hall–Kier alpha value is -0.770. The molecule has 1 saturated heterocycles. The number of aromatic nitrogens is 2. The van der Waals surface area contributed by atoms with Gasteiger partial charge in [-0.1, -0.05) is 6.92 Å². The Kier molecular flexibility index (Phi) is 4.17. The molecule has 0 amide bonds. The van der Waals surface area contributed by atoms with E-state index in [2.05, 4.69) is 17.2 Å². The Morgan fingerprint density at radius 1 is 1.52 bits per heavy atom. The van der Waals surface area contributed by atoms with Crippen LogP contribution in [0, 0.1) is 0 Å². The maximum Gasteiger partial charge on any atom is 0.262 e. The van der Waals surface area contributed by atoms with Crippen molar-refractivity contribution in [3.63, 3.8) is 0 Å². The highest BCUT2D eigenvalue weighted by Crippen LogP contribution is 2.30. The summed E-state index contributed by atoms with van der Waals surface area (Å²) in [6.45, 7) is 5.74. The normalized spacial score (nSPS) is 21.0. The molecule has 1 unspecified atom stereocenters. The summed E-state index contributed by atoms with van der Waals surface area (Å²) in [5, 5.41) is 5.51. The van der Waals surface area contributed by atoms with Gasteiger partial charge in [0.05, 0.1) is 0 Å². The van der Waals surface area contributed by atoms with Gasteiger partial charge in [-0.2, -0.15) is 16.1 Å². The van der Waals surface area contributed by atoms with E-state index in [0.717, 1.165) is 5.75 Å². The molecule has 0 saturated carbocycles. The molecule has 1 N–H and O–H groups in total. The van der Waals surface area contributed by atoms with Gasteiger partial charge >= 0.3 is 0 Å². The molecule has 0 aromatic carbocycles. The lowest BCUT2D eigenvalue weighted by molar-refractivity contribution is 0.422. The first-order valence-electron chi connectivity index (χ1n) is 6.85. The van der Waals surface area contributed by atoms with E-state index in [1.807, 2.05) is 24.1 Å². The molecule has 2 aromatic rings. The first-order valence-corrected chi connectivity index (χ1v) is 10.2. The molecule has 3 heterocycles. The zero-order chi connectivity index (χ0) is 15.0. The molecule has 1 atom stereocenters. The van der Waals surface area contributed by atoms with Crippen LogP contribution in [0.4, 0.5) is 5.82 Å². The minimum atomic E-state index is -3.54. The van der Waals surface area contributed by atoms with Crippen molar-refractivity contribution >= 4 is 43.9 Å². The third-order valence-electron chi connectivity index (χ3n) is 3.35. The van der Waals surface area contributed by atoms with Crippen LogP contribution in [0.15, 0.2) is 16.6 Å². The van der Waals surface area contributed by atoms with Crippen molar-refractivity contribution in [1.29, 1.82) is 0 Å². The summed E-state index contributed by atoms with van der Waals surface area (Å²) in [5.41, 5.74) is 0. The van der Waals surface area contributed by atoms with Crippen molar-refractivity contribution in [3.05, 3.63) is 11.6 Å². The summed E-state index contributed by atoms with van der Waals surface area (Å²) in [4.78, 5) is 5.10. The number of sulfonamides is 1. The number of fused-ring (bicyclic) bond motifs is 1. The first-order chi connectivity index (χ1) is 10.0. The number of imidazole rings is 1. The number of nitrogens with one attached hydrogen (secondary N) is 1. The Morgan fingerprint density at radius 3 is 3.05 bits per heavy atom. The SMILES string of the molecule is CCNc1nc2sccn2c1S(=O)(=O)N1CCSC(C)C1. The number of rotatable bonds is 4. The second kappa shape index (κ2) is 5.79. The average Bonchev–Trinajstić information content (AvgIpc) is 2.99. The summed E-state index contributed by atoms with van der Waals surface area (Å²) in [7, 11) is -3.54. The highest BCUT2D eigenvalue weighted by Gasteiger charge is 2.34. The lowest BCUT2D eigenvalue weighted by Gasteiger charge is -2.29. The second-order valence-corrected chi connectivity index (χ2v) is 9.17.